The summed E-state index contributed by atoms with van der Waals surface area (Å²) >= 11 is 0. The van der Waals surface area contributed by atoms with Crippen LogP contribution in [0.15, 0.2) is 59.6 Å². The van der Waals surface area contributed by atoms with Crippen molar-refractivity contribution in [2.45, 2.75) is 12.8 Å². The fourth-order valence-corrected chi connectivity index (χ4v) is 2.31. The van der Waals surface area contributed by atoms with Crippen LogP contribution in [0.2, 0.25) is 0 Å². The van der Waals surface area contributed by atoms with Crippen molar-refractivity contribution in [3.05, 3.63) is 65.7 Å². The number of guanidine groups is 1. The molecule has 0 aromatic heterocycles. The summed E-state index contributed by atoms with van der Waals surface area (Å²) in [5.74, 6) is 1.08. The van der Waals surface area contributed by atoms with Gasteiger partial charge in [-0.15, -0.1) is 0 Å². The molecule has 2 aromatic carbocycles. The van der Waals surface area contributed by atoms with Crippen LogP contribution in [0.4, 0.5) is 5.69 Å². The highest BCUT2D eigenvalue weighted by molar-refractivity contribution is 5.82. The topological polar surface area (TPSA) is 95.5 Å². The second kappa shape index (κ2) is 7.20. The van der Waals surface area contributed by atoms with Crippen LogP contribution in [0.3, 0.4) is 0 Å². The fraction of sp³-hybridized carbons (Fsp3) is 0.111. The summed E-state index contributed by atoms with van der Waals surface area (Å²) < 4.78 is 5.83. The predicted molar refractivity (Wildman–Crippen MR) is 93.8 cm³/mol. The molecular weight excluding hydrogens is 302 g/mol. The summed E-state index contributed by atoms with van der Waals surface area (Å²) in [6.45, 7) is 0.460. The molecule has 6 nitrogen and oxygen atoms in total. The fourth-order valence-electron chi connectivity index (χ4n) is 2.31. The van der Waals surface area contributed by atoms with Crippen molar-refractivity contribution in [1.29, 1.82) is 5.26 Å². The van der Waals surface area contributed by atoms with E-state index in [4.69, 9.17) is 15.7 Å². The van der Waals surface area contributed by atoms with Crippen LogP contribution in [-0.4, -0.2) is 12.2 Å². The quantitative estimate of drug-likeness (QED) is 0.265. The van der Waals surface area contributed by atoms with E-state index in [1.54, 1.807) is 6.07 Å². The number of nitrogens with one attached hydrogen (secondary N) is 2. The van der Waals surface area contributed by atoms with Crippen molar-refractivity contribution >= 4 is 17.7 Å². The molecular formula is C18H17N5O. The van der Waals surface area contributed by atoms with Crippen molar-refractivity contribution in [3.8, 4) is 11.9 Å². The van der Waals surface area contributed by atoms with Crippen LogP contribution < -0.4 is 21.1 Å². The van der Waals surface area contributed by atoms with Crippen molar-refractivity contribution in [2.24, 2.45) is 4.99 Å². The minimum atomic E-state index is -0.420. The second-order valence-electron chi connectivity index (χ2n) is 5.23. The van der Waals surface area contributed by atoms with Crippen LogP contribution in [-0.2, 0) is 6.54 Å². The van der Waals surface area contributed by atoms with Gasteiger partial charge in [-0.3, -0.25) is 5.32 Å². The number of nitrogens with two attached hydrogens (primary N) is 1. The van der Waals surface area contributed by atoms with Gasteiger partial charge in [0.1, 0.15) is 5.75 Å². The van der Waals surface area contributed by atoms with Crippen LogP contribution in [0.25, 0.3) is 6.08 Å². The minimum absolute atomic E-state index is 0.356. The van der Waals surface area contributed by atoms with Crippen molar-refractivity contribution in [2.75, 3.05) is 5.73 Å². The van der Waals surface area contributed by atoms with Gasteiger partial charge in [0.2, 0.25) is 5.96 Å². The number of nitrogen functional groups attached to an aromatic ring is 1. The Bertz CT molecular complexity index is 808. The molecule has 3 rings (SSSR count). The third-order valence-electron chi connectivity index (χ3n) is 3.45. The Kier molecular flexibility index (Phi) is 4.63. The molecule has 2 aromatic rings. The Morgan fingerprint density at radius 3 is 2.88 bits per heavy atom. The standard InChI is InChI=1S/C18H17N5O/c19-12-22-18(21-11-13-4-2-1-3-5-13)23-17-9-6-14-10-15(20)7-8-16(14)24-17/h1-10,17H,11,20H2,(H2,21,22,23). The Morgan fingerprint density at radius 1 is 1.25 bits per heavy atom. The second-order valence-corrected chi connectivity index (χ2v) is 5.23. The first-order valence-corrected chi connectivity index (χ1v) is 7.49. The Morgan fingerprint density at radius 2 is 2.08 bits per heavy atom. The largest absolute Gasteiger partial charge is 0.466 e. The third-order valence-corrected chi connectivity index (χ3v) is 3.45. The van der Waals surface area contributed by atoms with Crippen LogP contribution in [0, 0.1) is 11.5 Å². The molecule has 0 saturated heterocycles. The zero-order chi connectivity index (χ0) is 16.8. The minimum Gasteiger partial charge on any atom is -0.466 e. The average Bonchev–Trinajstić information content (AvgIpc) is 2.61. The number of benzene rings is 2. The summed E-state index contributed by atoms with van der Waals surface area (Å²) in [5.41, 5.74) is 8.42. The Hall–Kier alpha value is -3.46. The van der Waals surface area contributed by atoms with E-state index in [0.29, 0.717) is 18.2 Å². The summed E-state index contributed by atoms with van der Waals surface area (Å²) in [6.07, 6.45) is 5.23. The molecule has 1 aliphatic heterocycles. The highest BCUT2D eigenvalue weighted by Gasteiger charge is 2.15. The maximum absolute atomic E-state index is 8.90. The Labute approximate surface area is 140 Å². The van der Waals surface area contributed by atoms with Gasteiger partial charge in [0.25, 0.3) is 0 Å². The first-order chi connectivity index (χ1) is 11.7. The van der Waals surface area contributed by atoms with E-state index in [-0.39, 0.29) is 0 Å². The molecule has 0 amide bonds. The third kappa shape index (κ3) is 3.84. The van der Waals surface area contributed by atoms with Crippen LogP contribution in [0.1, 0.15) is 11.1 Å². The smallest absolute Gasteiger partial charge is 0.208 e. The normalized spacial score (nSPS) is 15.8. The zero-order valence-electron chi connectivity index (χ0n) is 12.9. The van der Waals surface area contributed by atoms with Crippen molar-refractivity contribution in [3.63, 3.8) is 0 Å². The summed E-state index contributed by atoms with van der Waals surface area (Å²) in [4.78, 5) is 4.39. The molecule has 1 unspecified atom stereocenters. The molecule has 0 saturated carbocycles. The van der Waals surface area contributed by atoms with Crippen molar-refractivity contribution in [1.82, 2.24) is 10.6 Å². The lowest BCUT2D eigenvalue weighted by atomic mass is 10.1. The van der Waals surface area contributed by atoms with E-state index in [2.05, 4.69) is 15.6 Å². The summed E-state index contributed by atoms with van der Waals surface area (Å²) in [6, 6.07) is 15.3. The van der Waals surface area contributed by atoms with Crippen LogP contribution in [0.5, 0.6) is 5.75 Å². The van der Waals surface area contributed by atoms with Gasteiger partial charge in [0.15, 0.2) is 12.4 Å². The summed E-state index contributed by atoms with van der Waals surface area (Å²) in [7, 11) is 0. The van der Waals surface area contributed by atoms with E-state index in [1.165, 1.54) is 0 Å². The van der Waals surface area contributed by atoms with E-state index in [9.17, 15) is 0 Å². The molecule has 4 N–H and O–H groups in total. The van der Waals surface area contributed by atoms with Gasteiger partial charge in [0.05, 0.1) is 6.54 Å². The number of anilines is 1. The zero-order valence-corrected chi connectivity index (χ0v) is 12.9. The molecule has 0 aliphatic carbocycles. The molecule has 24 heavy (non-hydrogen) atoms. The number of nitriles is 1. The molecule has 120 valence electrons. The average molecular weight is 319 g/mol. The molecule has 0 spiro atoms. The van der Waals surface area contributed by atoms with E-state index >= 15 is 0 Å². The monoisotopic (exact) mass is 319 g/mol. The van der Waals surface area contributed by atoms with Gasteiger partial charge < -0.3 is 15.8 Å². The molecule has 1 atom stereocenters. The van der Waals surface area contributed by atoms with Gasteiger partial charge in [0, 0.05) is 11.3 Å². The first kappa shape index (κ1) is 15.4. The van der Waals surface area contributed by atoms with Gasteiger partial charge in [-0.05, 0) is 35.9 Å². The molecule has 0 bridgehead atoms. The highest BCUT2D eigenvalue weighted by Crippen LogP contribution is 2.27. The molecule has 1 heterocycles. The molecule has 0 radical (unpaired) electrons. The van der Waals surface area contributed by atoms with Gasteiger partial charge >= 0.3 is 0 Å². The van der Waals surface area contributed by atoms with Gasteiger partial charge in [-0.25, -0.2) is 4.99 Å². The maximum Gasteiger partial charge on any atom is 0.208 e. The SMILES string of the molecule is N#CNC(=NCc1ccccc1)NC1C=Cc2cc(N)ccc2O1. The van der Waals surface area contributed by atoms with Gasteiger partial charge in [-0.2, -0.15) is 5.26 Å². The van der Waals surface area contributed by atoms with Crippen molar-refractivity contribution < 1.29 is 4.74 Å². The number of hydrogen-bond acceptors (Lipinski definition) is 4. The lowest BCUT2D eigenvalue weighted by Crippen LogP contribution is -2.44. The molecule has 0 fully saturated rings. The number of hydrogen-bond donors (Lipinski definition) is 3. The highest BCUT2D eigenvalue weighted by atomic mass is 16.5. The van der Waals surface area contributed by atoms with Gasteiger partial charge in [-0.1, -0.05) is 30.3 Å². The molecule has 6 heteroatoms. The van der Waals surface area contributed by atoms with E-state index < -0.39 is 6.23 Å². The number of fused-ring (bicyclic) bond motifs is 1. The van der Waals surface area contributed by atoms with E-state index in [1.807, 2.05) is 60.8 Å². The van der Waals surface area contributed by atoms with Crippen LogP contribution >= 0.6 is 0 Å². The predicted octanol–water partition coefficient (Wildman–Crippen LogP) is 2.22. The lowest BCUT2D eigenvalue weighted by Gasteiger charge is -2.23. The summed E-state index contributed by atoms with van der Waals surface area (Å²) in [5, 5.41) is 14.5. The number of ether oxygens (including phenoxy) is 1. The molecule has 1 aliphatic rings. The first-order valence-electron chi connectivity index (χ1n) is 7.49. The lowest BCUT2D eigenvalue weighted by molar-refractivity contribution is 0.231. The number of aliphatic imine (C=N–C) groups is 1. The maximum atomic E-state index is 8.90. The van der Waals surface area contributed by atoms with E-state index in [0.717, 1.165) is 16.9 Å². The Balaban J connectivity index is 1.68. The number of rotatable bonds is 3. The number of nitrogens with zero attached hydrogens (tertiary/aromatic N) is 2.